The van der Waals surface area contributed by atoms with E-state index in [4.69, 9.17) is 21.1 Å². The number of nitrogens with zero attached hydrogens (tertiary/aromatic N) is 4. The standard InChI is InChI=1S/C20H20ClN5O4/c1-4-25(13-8-6-5-7-9-13)20-18(26(27)28)19(22-12-23-20)24-15-10-14(21)16(29-2)11-17(15)30-3/h5-12H,4H2,1-3H3,(H,22,23,24). The summed E-state index contributed by atoms with van der Waals surface area (Å²) >= 11 is 6.22. The summed E-state index contributed by atoms with van der Waals surface area (Å²) in [6.07, 6.45) is 1.27. The fourth-order valence-electron chi connectivity index (χ4n) is 2.97. The van der Waals surface area contributed by atoms with E-state index < -0.39 is 4.92 Å². The lowest BCUT2D eigenvalue weighted by Crippen LogP contribution is -2.19. The molecular formula is C20H20ClN5O4. The van der Waals surface area contributed by atoms with Crippen LogP contribution in [0.4, 0.5) is 28.7 Å². The van der Waals surface area contributed by atoms with Crippen molar-refractivity contribution in [2.45, 2.75) is 6.92 Å². The first-order valence-corrected chi connectivity index (χ1v) is 9.38. The molecule has 2 aromatic carbocycles. The molecule has 0 atom stereocenters. The lowest BCUT2D eigenvalue weighted by molar-refractivity contribution is -0.383. The lowest BCUT2D eigenvalue weighted by Gasteiger charge is -2.22. The van der Waals surface area contributed by atoms with Crippen LogP contribution in [-0.4, -0.2) is 35.7 Å². The Balaban J connectivity index is 2.10. The van der Waals surface area contributed by atoms with E-state index in [2.05, 4.69) is 15.3 Å². The second-order valence-electron chi connectivity index (χ2n) is 6.04. The average molecular weight is 430 g/mol. The number of para-hydroxylation sites is 1. The van der Waals surface area contributed by atoms with Crippen molar-refractivity contribution in [3.63, 3.8) is 0 Å². The maximum Gasteiger partial charge on any atom is 0.354 e. The first-order valence-electron chi connectivity index (χ1n) is 9.00. The van der Waals surface area contributed by atoms with E-state index in [1.54, 1.807) is 17.0 Å². The molecule has 0 saturated carbocycles. The maximum absolute atomic E-state index is 12.0. The smallest absolute Gasteiger partial charge is 0.354 e. The summed E-state index contributed by atoms with van der Waals surface area (Å²) in [5, 5.41) is 15.3. The van der Waals surface area contributed by atoms with E-state index in [0.717, 1.165) is 5.69 Å². The second kappa shape index (κ2) is 9.27. The fraction of sp³-hybridized carbons (Fsp3) is 0.200. The summed E-state index contributed by atoms with van der Waals surface area (Å²) in [4.78, 5) is 21.5. The predicted molar refractivity (Wildman–Crippen MR) is 116 cm³/mol. The molecule has 0 bridgehead atoms. The Kier molecular flexibility index (Phi) is 6.53. The number of nitrogens with one attached hydrogen (secondary N) is 1. The van der Waals surface area contributed by atoms with E-state index in [1.807, 2.05) is 37.3 Å². The lowest BCUT2D eigenvalue weighted by atomic mass is 10.2. The molecule has 0 aliphatic rings. The maximum atomic E-state index is 12.0. The van der Waals surface area contributed by atoms with Gasteiger partial charge in [0, 0.05) is 18.3 Å². The molecule has 0 fully saturated rings. The zero-order valence-corrected chi connectivity index (χ0v) is 17.4. The van der Waals surface area contributed by atoms with Crippen LogP contribution in [0.5, 0.6) is 11.5 Å². The molecule has 1 aromatic heterocycles. The van der Waals surface area contributed by atoms with E-state index in [0.29, 0.717) is 28.8 Å². The van der Waals surface area contributed by atoms with Crippen molar-refractivity contribution in [2.24, 2.45) is 0 Å². The number of methoxy groups -OCH3 is 2. The number of benzene rings is 2. The van der Waals surface area contributed by atoms with Crippen molar-refractivity contribution < 1.29 is 14.4 Å². The SMILES string of the molecule is CCN(c1ccccc1)c1ncnc(Nc2cc(Cl)c(OC)cc2OC)c1[N+](=O)[O-]. The minimum absolute atomic E-state index is 0.0129. The monoisotopic (exact) mass is 429 g/mol. The number of nitro groups is 1. The van der Waals surface area contributed by atoms with Crippen molar-refractivity contribution in [1.29, 1.82) is 0 Å². The zero-order valence-electron chi connectivity index (χ0n) is 16.6. The van der Waals surface area contributed by atoms with Gasteiger partial charge in [0.05, 0.1) is 29.9 Å². The molecule has 10 heteroatoms. The minimum Gasteiger partial charge on any atom is -0.495 e. The molecule has 0 unspecified atom stereocenters. The van der Waals surface area contributed by atoms with Crippen LogP contribution in [0.2, 0.25) is 5.02 Å². The second-order valence-corrected chi connectivity index (χ2v) is 6.45. The molecule has 3 rings (SSSR count). The van der Waals surface area contributed by atoms with Gasteiger partial charge >= 0.3 is 5.69 Å². The molecule has 9 nitrogen and oxygen atoms in total. The highest BCUT2D eigenvalue weighted by molar-refractivity contribution is 6.32. The third-order valence-corrected chi connectivity index (χ3v) is 4.65. The van der Waals surface area contributed by atoms with Crippen molar-refractivity contribution in [3.8, 4) is 11.5 Å². The van der Waals surface area contributed by atoms with Crippen molar-refractivity contribution in [3.05, 3.63) is 63.9 Å². The summed E-state index contributed by atoms with van der Waals surface area (Å²) in [7, 11) is 2.96. The first kappa shape index (κ1) is 21.1. The van der Waals surface area contributed by atoms with Gasteiger partial charge in [-0.15, -0.1) is 0 Å². The van der Waals surface area contributed by atoms with Crippen LogP contribution in [0.25, 0.3) is 0 Å². The molecule has 0 aliphatic carbocycles. The van der Waals surface area contributed by atoms with Gasteiger partial charge in [-0.2, -0.15) is 0 Å². The molecule has 0 aliphatic heterocycles. The third kappa shape index (κ3) is 4.20. The van der Waals surface area contributed by atoms with Gasteiger partial charge in [0.25, 0.3) is 0 Å². The largest absolute Gasteiger partial charge is 0.495 e. The highest BCUT2D eigenvalue weighted by Gasteiger charge is 2.28. The Hall–Kier alpha value is -3.59. The van der Waals surface area contributed by atoms with Crippen LogP contribution in [0, 0.1) is 10.1 Å². The van der Waals surface area contributed by atoms with Gasteiger partial charge in [0.2, 0.25) is 11.6 Å². The molecule has 1 heterocycles. The van der Waals surface area contributed by atoms with Gasteiger partial charge in [0.1, 0.15) is 17.8 Å². The number of hydrogen-bond donors (Lipinski definition) is 1. The molecular weight excluding hydrogens is 410 g/mol. The fourth-order valence-corrected chi connectivity index (χ4v) is 3.22. The van der Waals surface area contributed by atoms with Crippen LogP contribution in [-0.2, 0) is 0 Å². The number of halogens is 1. The van der Waals surface area contributed by atoms with Crippen molar-refractivity contribution in [1.82, 2.24) is 9.97 Å². The number of anilines is 4. The summed E-state index contributed by atoms with van der Waals surface area (Å²) in [5.74, 6) is 0.989. The highest BCUT2D eigenvalue weighted by atomic mass is 35.5. The van der Waals surface area contributed by atoms with Gasteiger partial charge in [-0.3, -0.25) is 10.1 Å². The number of rotatable bonds is 8. The average Bonchev–Trinajstić information content (AvgIpc) is 2.75. The third-order valence-electron chi connectivity index (χ3n) is 4.35. The molecule has 3 aromatic rings. The first-order chi connectivity index (χ1) is 14.5. The summed E-state index contributed by atoms with van der Waals surface area (Å²) in [6, 6.07) is 12.4. The van der Waals surface area contributed by atoms with Crippen molar-refractivity contribution in [2.75, 3.05) is 31.0 Å². The Morgan fingerprint density at radius 2 is 1.83 bits per heavy atom. The van der Waals surface area contributed by atoms with Crippen LogP contribution in [0.3, 0.4) is 0 Å². The Morgan fingerprint density at radius 3 is 2.43 bits per heavy atom. The van der Waals surface area contributed by atoms with Crippen LogP contribution in [0.15, 0.2) is 48.8 Å². The Bertz CT molecular complexity index is 1050. The van der Waals surface area contributed by atoms with Crippen LogP contribution < -0.4 is 19.7 Å². The molecule has 0 amide bonds. The van der Waals surface area contributed by atoms with Gasteiger partial charge in [-0.25, -0.2) is 9.97 Å². The molecule has 156 valence electrons. The quantitative estimate of drug-likeness (QED) is 0.396. The number of hydrogen-bond acceptors (Lipinski definition) is 8. The summed E-state index contributed by atoms with van der Waals surface area (Å²) < 4.78 is 10.5. The van der Waals surface area contributed by atoms with E-state index >= 15 is 0 Å². The topological polar surface area (TPSA) is 103 Å². The summed E-state index contributed by atoms with van der Waals surface area (Å²) in [6.45, 7) is 2.36. The molecule has 1 N–H and O–H groups in total. The molecule has 0 radical (unpaired) electrons. The van der Waals surface area contributed by atoms with Crippen molar-refractivity contribution >= 4 is 40.3 Å². The molecule has 30 heavy (non-hydrogen) atoms. The highest BCUT2D eigenvalue weighted by Crippen LogP contribution is 2.41. The van der Waals surface area contributed by atoms with Gasteiger partial charge in [-0.05, 0) is 25.1 Å². The Labute approximate surface area is 178 Å². The van der Waals surface area contributed by atoms with E-state index in [1.165, 1.54) is 20.5 Å². The number of ether oxygens (including phenoxy) is 2. The molecule has 0 saturated heterocycles. The van der Waals surface area contributed by atoms with Gasteiger partial charge in [-0.1, -0.05) is 29.8 Å². The number of aromatic nitrogens is 2. The normalized spacial score (nSPS) is 10.4. The summed E-state index contributed by atoms with van der Waals surface area (Å²) in [5.41, 5.74) is 0.911. The minimum atomic E-state index is -0.513. The van der Waals surface area contributed by atoms with Crippen LogP contribution in [0.1, 0.15) is 6.92 Å². The van der Waals surface area contributed by atoms with Gasteiger partial charge < -0.3 is 19.7 Å². The van der Waals surface area contributed by atoms with E-state index in [9.17, 15) is 10.1 Å². The predicted octanol–water partition coefficient (Wildman–Crippen LogP) is 4.96. The van der Waals surface area contributed by atoms with Crippen LogP contribution >= 0.6 is 11.6 Å². The Morgan fingerprint density at radius 1 is 1.13 bits per heavy atom. The zero-order chi connectivity index (χ0) is 21.7. The van der Waals surface area contributed by atoms with E-state index in [-0.39, 0.29) is 17.3 Å². The van der Waals surface area contributed by atoms with Gasteiger partial charge in [0.15, 0.2) is 0 Å². The molecule has 0 spiro atoms.